The third-order valence-electron chi connectivity index (χ3n) is 3.69. The first-order valence-electron chi connectivity index (χ1n) is 6.52. The van der Waals surface area contributed by atoms with Crippen molar-refractivity contribution in [1.82, 2.24) is 19.9 Å². The lowest BCUT2D eigenvalue weighted by molar-refractivity contribution is 0.508. The van der Waals surface area contributed by atoms with Gasteiger partial charge in [-0.2, -0.15) is 0 Å². The summed E-state index contributed by atoms with van der Waals surface area (Å²) in [5.74, 6) is 1.12. The van der Waals surface area contributed by atoms with Crippen LogP contribution in [0.1, 0.15) is 5.82 Å². The molecule has 0 spiro atoms. The van der Waals surface area contributed by atoms with Gasteiger partial charge in [-0.1, -0.05) is 18.2 Å². The van der Waals surface area contributed by atoms with Crippen molar-refractivity contribution in [2.45, 2.75) is 13.1 Å². The molecule has 0 radical (unpaired) electrons. The van der Waals surface area contributed by atoms with Crippen LogP contribution in [0.3, 0.4) is 0 Å². The van der Waals surface area contributed by atoms with Gasteiger partial charge in [-0.05, 0) is 11.5 Å². The number of nitrogens with one attached hydrogen (secondary N) is 1. The molecule has 1 N–H and O–H groups in total. The Bertz CT molecular complexity index is 739. The normalized spacial score (nSPS) is 14.5. The first-order valence-corrected chi connectivity index (χ1v) is 6.52. The first kappa shape index (κ1) is 10.7. The fourth-order valence-corrected chi connectivity index (χ4v) is 2.76. The van der Waals surface area contributed by atoms with Crippen LogP contribution < -0.4 is 5.32 Å². The highest BCUT2D eigenvalue weighted by atomic mass is 15.2. The van der Waals surface area contributed by atoms with E-state index in [0.717, 1.165) is 25.5 Å². The SMILES string of the molecule is c1cc(-c2cnc3n2CCNC3)c2ccncc2c1. The molecule has 0 saturated carbocycles. The van der Waals surface area contributed by atoms with Crippen molar-refractivity contribution in [2.24, 2.45) is 0 Å². The minimum Gasteiger partial charge on any atom is -0.326 e. The second-order valence-corrected chi connectivity index (χ2v) is 4.79. The van der Waals surface area contributed by atoms with Crippen molar-refractivity contribution < 1.29 is 0 Å². The smallest absolute Gasteiger partial charge is 0.123 e. The van der Waals surface area contributed by atoms with Gasteiger partial charge in [0, 0.05) is 36.4 Å². The zero-order chi connectivity index (χ0) is 12.7. The molecule has 0 bridgehead atoms. The number of fused-ring (bicyclic) bond motifs is 2. The first-order chi connectivity index (χ1) is 9.43. The van der Waals surface area contributed by atoms with E-state index in [9.17, 15) is 0 Å². The van der Waals surface area contributed by atoms with E-state index in [1.807, 2.05) is 18.6 Å². The summed E-state index contributed by atoms with van der Waals surface area (Å²) < 4.78 is 2.31. The molecule has 94 valence electrons. The van der Waals surface area contributed by atoms with Gasteiger partial charge >= 0.3 is 0 Å². The Morgan fingerprint density at radius 3 is 3.16 bits per heavy atom. The molecule has 1 aliphatic heterocycles. The van der Waals surface area contributed by atoms with Crippen LogP contribution in [-0.4, -0.2) is 21.1 Å². The van der Waals surface area contributed by atoms with Crippen LogP contribution in [0.25, 0.3) is 22.0 Å². The number of hydrogen-bond acceptors (Lipinski definition) is 3. The predicted molar refractivity (Wildman–Crippen MR) is 74.7 cm³/mol. The molecule has 2 aromatic heterocycles. The summed E-state index contributed by atoms with van der Waals surface area (Å²) in [5, 5.41) is 5.76. The molecule has 0 saturated heterocycles. The average molecular weight is 250 g/mol. The van der Waals surface area contributed by atoms with Gasteiger partial charge in [-0.3, -0.25) is 4.98 Å². The van der Waals surface area contributed by atoms with E-state index >= 15 is 0 Å². The van der Waals surface area contributed by atoms with Gasteiger partial charge in [-0.15, -0.1) is 0 Å². The number of hydrogen-bond donors (Lipinski definition) is 1. The number of pyridine rings is 1. The molecule has 4 heteroatoms. The molecular formula is C15H14N4. The van der Waals surface area contributed by atoms with E-state index in [1.54, 1.807) is 0 Å². The molecule has 0 aliphatic carbocycles. The molecule has 19 heavy (non-hydrogen) atoms. The lowest BCUT2D eigenvalue weighted by Crippen LogP contribution is -2.28. The zero-order valence-electron chi connectivity index (χ0n) is 10.5. The molecule has 1 aromatic carbocycles. The van der Waals surface area contributed by atoms with Gasteiger partial charge in [0.15, 0.2) is 0 Å². The molecule has 1 aliphatic rings. The minimum absolute atomic E-state index is 0.853. The van der Waals surface area contributed by atoms with Crippen LogP contribution in [0.15, 0.2) is 42.9 Å². The lowest BCUT2D eigenvalue weighted by atomic mass is 10.0. The van der Waals surface area contributed by atoms with Crippen LogP contribution >= 0.6 is 0 Å². The molecule has 4 nitrogen and oxygen atoms in total. The molecular weight excluding hydrogens is 236 g/mol. The zero-order valence-corrected chi connectivity index (χ0v) is 10.5. The van der Waals surface area contributed by atoms with Crippen molar-refractivity contribution >= 4 is 10.8 Å². The van der Waals surface area contributed by atoms with E-state index in [2.05, 4.69) is 44.1 Å². The Labute approximate surface area is 111 Å². The van der Waals surface area contributed by atoms with E-state index in [4.69, 9.17) is 0 Å². The lowest BCUT2D eigenvalue weighted by Gasteiger charge is -2.18. The fraction of sp³-hybridized carbons (Fsp3) is 0.200. The number of benzene rings is 1. The average Bonchev–Trinajstić information content (AvgIpc) is 2.90. The van der Waals surface area contributed by atoms with Crippen molar-refractivity contribution in [3.63, 3.8) is 0 Å². The fourth-order valence-electron chi connectivity index (χ4n) is 2.76. The third-order valence-corrected chi connectivity index (χ3v) is 3.69. The van der Waals surface area contributed by atoms with Gasteiger partial charge in [0.2, 0.25) is 0 Å². The maximum Gasteiger partial charge on any atom is 0.123 e. The Morgan fingerprint density at radius 1 is 1.16 bits per heavy atom. The summed E-state index contributed by atoms with van der Waals surface area (Å²) >= 11 is 0. The van der Waals surface area contributed by atoms with Crippen molar-refractivity contribution in [3.8, 4) is 11.3 Å². The molecule has 0 amide bonds. The highest BCUT2D eigenvalue weighted by Crippen LogP contribution is 2.29. The van der Waals surface area contributed by atoms with E-state index < -0.39 is 0 Å². The molecule has 0 fully saturated rings. The van der Waals surface area contributed by atoms with Crippen molar-refractivity contribution in [3.05, 3.63) is 48.7 Å². The topological polar surface area (TPSA) is 42.7 Å². The van der Waals surface area contributed by atoms with Gasteiger partial charge in [0.05, 0.1) is 18.4 Å². The molecule has 3 aromatic rings. The summed E-state index contributed by atoms with van der Waals surface area (Å²) in [4.78, 5) is 8.72. The van der Waals surface area contributed by atoms with Gasteiger partial charge < -0.3 is 9.88 Å². The van der Waals surface area contributed by atoms with Gasteiger partial charge in [0.1, 0.15) is 5.82 Å². The summed E-state index contributed by atoms with van der Waals surface area (Å²) in [6.45, 7) is 2.83. The standard InChI is InChI=1S/C15H14N4/c1-2-11-8-16-5-4-12(11)13(3-1)14-9-18-15-10-17-6-7-19(14)15/h1-5,8-9,17H,6-7,10H2. The predicted octanol–water partition coefficient (Wildman–Crippen LogP) is 2.20. The summed E-state index contributed by atoms with van der Waals surface area (Å²) in [5.41, 5.74) is 2.44. The van der Waals surface area contributed by atoms with Crippen LogP contribution in [0, 0.1) is 0 Å². The second-order valence-electron chi connectivity index (χ2n) is 4.79. The highest BCUT2D eigenvalue weighted by molar-refractivity contribution is 5.95. The summed E-state index contributed by atoms with van der Waals surface area (Å²) in [6, 6.07) is 8.42. The maximum atomic E-state index is 4.52. The molecule has 0 unspecified atom stereocenters. The Kier molecular flexibility index (Phi) is 2.35. The van der Waals surface area contributed by atoms with Crippen molar-refractivity contribution in [1.29, 1.82) is 0 Å². The monoisotopic (exact) mass is 250 g/mol. The van der Waals surface area contributed by atoms with Crippen molar-refractivity contribution in [2.75, 3.05) is 6.54 Å². The van der Waals surface area contributed by atoms with E-state index in [-0.39, 0.29) is 0 Å². The summed E-state index contributed by atoms with van der Waals surface area (Å²) in [6.07, 6.45) is 5.74. The summed E-state index contributed by atoms with van der Waals surface area (Å²) in [7, 11) is 0. The quantitative estimate of drug-likeness (QED) is 0.720. The Morgan fingerprint density at radius 2 is 2.16 bits per heavy atom. The van der Waals surface area contributed by atoms with Crippen LogP contribution in [-0.2, 0) is 13.1 Å². The van der Waals surface area contributed by atoms with Crippen LogP contribution in [0.5, 0.6) is 0 Å². The number of rotatable bonds is 1. The van der Waals surface area contributed by atoms with Gasteiger partial charge in [-0.25, -0.2) is 4.98 Å². The van der Waals surface area contributed by atoms with E-state index in [1.165, 1.54) is 22.0 Å². The Balaban J connectivity index is 1.98. The van der Waals surface area contributed by atoms with Crippen LogP contribution in [0.2, 0.25) is 0 Å². The number of imidazole rings is 1. The number of nitrogens with zero attached hydrogens (tertiary/aromatic N) is 3. The minimum atomic E-state index is 0.853. The van der Waals surface area contributed by atoms with E-state index in [0.29, 0.717) is 0 Å². The Hall–Kier alpha value is -2.20. The molecule has 4 rings (SSSR count). The largest absolute Gasteiger partial charge is 0.326 e. The second kappa shape index (κ2) is 4.17. The van der Waals surface area contributed by atoms with Gasteiger partial charge in [0.25, 0.3) is 0 Å². The number of aromatic nitrogens is 3. The third kappa shape index (κ3) is 1.64. The maximum absolute atomic E-state index is 4.52. The molecule has 3 heterocycles. The van der Waals surface area contributed by atoms with Crippen LogP contribution in [0.4, 0.5) is 0 Å². The highest BCUT2D eigenvalue weighted by Gasteiger charge is 2.15. The molecule has 0 atom stereocenters.